The van der Waals surface area contributed by atoms with E-state index in [2.05, 4.69) is 5.32 Å². The van der Waals surface area contributed by atoms with Crippen molar-refractivity contribution in [2.75, 3.05) is 5.32 Å². The van der Waals surface area contributed by atoms with Crippen molar-refractivity contribution >= 4 is 17.7 Å². The maximum Gasteiger partial charge on any atom is 0.411 e. The van der Waals surface area contributed by atoms with Crippen LogP contribution in [0.2, 0.25) is 0 Å². The first-order valence-corrected chi connectivity index (χ1v) is 6.15. The van der Waals surface area contributed by atoms with Crippen molar-refractivity contribution in [2.45, 2.75) is 31.5 Å². The monoisotopic (exact) mass is 302 g/mol. The second-order valence-electron chi connectivity index (χ2n) is 4.94. The lowest BCUT2D eigenvalue weighted by Crippen LogP contribution is -2.49. The number of halogens is 3. The number of amides is 2. The van der Waals surface area contributed by atoms with Crippen molar-refractivity contribution in [1.82, 2.24) is 5.32 Å². The minimum atomic E-state index is -4.50. The molecule has 0 radical (unpaired) electrons. The van der Waals surface area contributed by atoms with Crippen molar-refractivity contribution in [3.8, 4) is 0 Å². The number of nitrogens with one attached hydrogen (secondary N) is 2. The van der Waals surface area contributed by atoms with E-state index in [1.54, 1.807) is 0 Å². The predicted molar refractivity (Wildman–Crippen MR) is 68.3 cm³/mol. The first kappa shape index (κ1) is 15.1. The molecule has 1 aliphatic rings. The fourth-order valence-electron chi connectivity index (χ4n) is 1.98. The van der Waals surface area contributed by atoms with Crippen LogP contribution in [0.15, 0.2) is 18.2 Å². The van der Waals surface area contributed by atoms with Crippen LogP contribution in [-0.4, -0.2) is 28.8 Å². The molecular weight excluding hydrogens is 289 g/mol. The molecule has 1 saturated carbocycles. The molecule has 3 N–H and O–H groups in total. The molecule has 21 heavy (non-hydrogen) atoms. The predicted octanol–water partition coefficient (Wildman–Crippen LogP) is 2.91. The highest BCUT2D eigenvalue weighted by atomic mass is 19.4. The van der Waals surface area contributed by atoms with Crippen LogP contribution in [0, 0.1) is 6.92 Å². The third kappa shape index (κ3) is 2.93. The number of aromatic carboxylic acids is 1. The van der Waals surface area contributed by atoms with Crippen molar-refractivity contribution in [3.63, 3.8) is 0 Å². The molecule has 1 aliphatic carbocycles. The summed E-state index contributed by atoms with van der Waals surface area (Å²) in [6, 6.07) is 3.17. The van der Waals surface area contributed by atoms with Crippen molar-refractivity contribution < 1.29 is 27.9 Å². The van der Waals surface area contributed by atoms with Crippen LogP contribution in [0.25, 0.3) is 0 Å². The van der Waals surface area contributed by atoms with E-state index in [0.717, 1.165) is 0 Å². The number of carbonyl (C=O) groups is 2. The Hall–Kier alpha value is -2.25. The molecule has 2 amide bonds. The normalized spacial score (nSPS) is 16.2. The van der Waals surface area contributed by atoms with Gasteiger partial charge in [-0.15, -0.1) is 0 Å². The van der Waals surface area contributed by atoms with Gasteiger partial charge in [0.25, 0.3) is 0 Å². The minimum Gasteiger partial charge on any atom is -0.478 e. The molecule has 1 aromatic rings. The van der Waals surface area contributed by atoms with Crippen molar-refractivity contribution in [2.24, 2.45) is 0 Å². The Balaban J connectivity index is 2.11. The van der Waals surface area contributed by atoms with Gasteiger partial charge in [-0.1, -0.05) is 6.07 Å². The summed E-state index contributed by atoms with van der Waals surface area (Å²) in [5.74, 6) is -1.18. The van der Waals surface area contributed by atoms with E-state index in [9.17, 15) is 22.8 Å². The lowest BCUT2D eigenvalue weighted by Gasteiger charge is -2.21. The number of alkyl halides is 3. The third-order valence-corrected chi connectivity index (χ3v) is 3.46. The lowest BCUT2D eigenvalue weighted by atomic mass is 10.1. The third-order valence-electron chi connectivity index (χ3n) is 3.46. The average Bonchev–Trinajstić information content (AvgIpc) is 3.11. The van der Waals surface area contributed by atoms with E-state index in [4.69, 9.17) is 5.11 Å². The number of benzene rings is 1. The Morgan fingerprint density at radius 3 is 2.38 bits per heavy atom. The highest BCUT2D eigenvalue weighted by Crippen LogP contribution is 2.48. The van der Waals surface area contributed by atoms with Crippen LogP contribution in [-0.2, 0) is 0 Å². The first-order chi connectivity index (χ1) is 9.66. The minimum absolute atomic E-state index is 0.0234. The Bertz CT molecular complexity index is 595. The summed E-state index contributed by atoms with van der Waals surface area (Å²) in [7, 11) is 0. The van der Waals surface area contributed by atoms with Crippen molar-refractivity contribution in [1.29, 1.82) is 0 Å². The number of urea groups is 1. The van der Waals surface area contributed by atoms with Gasteiger partial charge in [0.05, 0.1) is 5.56 Å². The van der Waals surface area contributed by atoms with Gasteiger partial charge < -0.3 is 15.7 Å². The van der Waals surface area contributed by atoms with Gasteiger partial charge in [-0.05, 0) is 37.5 Å². The molecule has 0 heterocycles. The van der Waals surface area contributed by atoms with Gasteiger partial charge in [0.2, 0.25) is 0 Å². The lowest BCUT2D eigenvalue weighted by molar-refractivity contribution is -0.162. The topological polar surface area (TPSA) is 78.4 Å². The Labute approximate surface area is 118 Å². The number of carboxylic acids is 1. The highest BCUT2D eigenvalue weighted by molar-refractivity contribution is 5.95. The molecule has 0 aliphatic heterocycles. The molecule has 0 atom stereocenters. The summed E-state index contributed by atoms with van der Waals surface area (Å²) in [5.41, 5.74) is -1.75. The highest BCUT2D eigenvalue weighted by Gasteiger charge is 2.64. The van der Waals surface area contributed by atoms with Crippen LogP contribution in [0.5, 0.6) is 0 Å². The summed E-state index contributed by atoms with van der Waals surface area (Å²) in [6.07, 6.45) is -4.81. The fraction of sp³-hybridized carbons (Fsp3) is 0.385. The van der Waals surface area contributed by atoms with E-state index < -0.39 is 23.7 Å². The summed E-state index contributed by atoms with van der Waals surface area (Å²) in [5, 5.41) is 13.1. The van der Waals surface area contributed by atoms with Crippen molar-refractivity contribution in [3.05, 3.63) is 29.3 Å². The van der Waals surface area contributed by atoms with Gasteiger partial charge in [-0.25, -0.2) is 9.59 Å². The van der Waals surface area contributed by atoms with E-state index in [0.29, 0.717) is 0 Å². The van der Waals surface area contributed by atoms with Crippen LogP contribution in [0.3, 0.4) is 0 Å². The molecule has 8 heteroatoms. The molecule has 0 bridgehead atoms. The van der Waals surface area contributed by atoms with E-state index in [1.807, 2.05) is 5.32 Å². The summed E-state index contributed by atoms with van der Waals surface area (Å²) in [6.45, 7) is 1.47. The smallest absolute Gasteiger partial charge is 0.411 e. The van der Waals surface area contributed by atoms with E-state index in [1.165, 1.54) is 25.1 Å². The SMILES string of the molecule is Cc1c(NC(=O)NC2(C(F)(F)F)CC2)cccc1C(=O)O. The van der Waals surface area contributed by atoms with Gasteiger partial charge in [0.15, 0.2) is 0 Å². The Morgan fingerprint density at radius 1 is 1.29 bits per heavy atom. The van der Waals surface area contributed by atoms with E-state index >= 15 is 0 Å². The van der Waals surface area contributed by atoms with Gasteiger partial charge in [-0.2, -0.15) is 13.2 Å². The van der Waals surface area contributed by atoms with Crippen LogP contribution in [0.4, 0.5) is 23.7 Å². The molecular formula is C13H13F3N2O3. The molecule has 0 saturated heterocycles. The van der Waals surface area contributed by atoms with Crippen LogP contribution in [0.1, 0.15) is 28.8 Å². The number of hydrogen-bond acceptors (Lipinski definition) is 2. The average molecular weight is 302 g/mol. The van der Waals surface area contributed by atoms with Gasteiger partial charge in [0, 0.05) is 5.69 Å². The number of hydrogen-bond donors (Lipinski definition) is 3. The molecule has 1 aromatic carbocycles. The van der Waals surface area contributed by atoms with E-state index in [-0.39, 0.29) is 29.7 Å². The van der Waals surface area contributed by atoms with Gasteiger partial charge >= 0.3 is 18.2 Å². The van der Waals surface area contributed by atoms with Crippen LogP contribution >= 0.6 is 0 Å². The number of rotatable bonds is 3. The summed E-state index contributed by atoms with van der Waals surface area (Å²) < 4.78 is 38.2. The van der Waals surface area contributed by atoms with Gasteiger partial charge in [-0.3, -0.25) is 0 Å². The maximum absolute atomic E-state index is 12.7. The molecule has 1 fully saturated rings. The second kappa shape index (κ2) is 4.94. The molecule has 0 spiro atoms. The zero-order valence-corrected chi connectivity index (χ0v) is 11.0. The number of carboxylic acid groups (broad SMARTS) is 1. The fourth-order valence-corrected chi connectivity index (χ4v) is 1.98. The quantitative estimate of drug-likeness (QED) is 0.803. The Kier molecular flexibility index (Phi) is 3.56. The van der Waals surface area contributed by atoms with Gasteiger partial charge in [0.1, 0.15) is 5.54 Å². The second-order valence-corrected chi connectivity index (χ2v) is 4.94. The zero-order chi connectivity index (χ0) is 15.8. The maximum atomic E-state index is 12.7. The molecule has 114 valence electrons. The van der Waals surface area contributed by atoms with Crippen LogP contribution < -0.4 is 10.6 Å². The summed E-state index contributed by atoms with van der Waals surface area (Å²) >= 11 is 0. The Morgan fingerprint density at radius 2 is 1.90 bits per heavy atom. The largest absolute Gasteiger partial charge is 0.478 e. The summed E-state index contributed by atoms with van der Waals surface area (Å²) in [4.78, 5) is 22.6. The number of carbonyl (C=O) groups excluding carboxylic acids is 1. The molecule has 5 nitrogen and oxygen atoms in total. The zero-order valence-electron chi connectivity index (χ0n) is 11.0. The molecule has 2 rings (SSSR count). The standard InChI is InChI=1S/C13H13F3N2O3/c1-7-8(10(19)20)3-2-4-9(7)17-11(21)18-12(5-6-12)13(14,15)16/h2-4H,5-6H2,1H3,(H,19,20)(H2,17,18,21). The molecule has 0 unspecified atom stereocenters. The first-order valence-electron chi connectivity index (χ1n) is 6.15. The molecule has 0 aromatic heterocycles. The number of anilines is 1.